The lowest BCUT2D eigenvalue weighted by Gasteiger charge is -2.19. The zero-order chi connectivity index (χ0) is 30.3. The summed E-state index contributed by atoms with van der Waals surface area (Å²) in [7, 11) is 0. The van der Waals surface area contributed by atoms with Crippen LogP contribution in [0.5, 0.6) is 0 Å². The molecule has 0 aliphatic heterocycles. The number of carbonyl (C=O) groups excluding carboxylic acids is 4. The molecule has 0 bridgehead atoms. The topological polar surface area (TPSA) is 143 Å². The Morgan fingerprint density at radius 3 is 1.12 bits per heavy atom. The van der Waals surface area contributed by atoms with E-state index in [0.29, 0.717) is 6.42 Å². The Bertz CT molecular complexity index is 751. The maximum atomic E-state index is 12.2. The summed E-state index contributed by atoms with van der Waals surface area (Å²) in [6.45, 7) is 7.18. The lowest BCUT2D eigenvalue weighted by Crippen LogP contribution is -2.37. The molecule has 0 heterocycles. The number of carbonyl (C=O) groups is 5. The van der Waals surface area contributed by atoms with Crippen molar-refractivity contribution in [2.45, 2.75) is 162 Å². The van der Waals surface area contributed by atoms with Gasteiger partial charge >= 0.3 is 29.8 Å². The van der Waals surface area contributed by atoms with Crippen molar-refractivity contribution in [3.05, 3.63) is 0 Å². The van der Waals surface area contributed by atoms with E-state index in [1.54, 1.807) is 0 Å². The first-order chi connectivity index (χ1) is 19.0. The second-order valence-corrected chi connectivity index (χ2v) is 10.4. The largest absolute Gasteiger partial charge is 0.479 e. The second-order valence-electron chi connectivity index (χ2n) is 10.4. The third kappa shape index (κ3) is 19.4. The van der Waals surface area contributed by atoms with Crippen LogP contribution < -0.4 is 0 Å². The number of hydrogen-bond acceptors (Lipinski definition) is 9. The van der Waals surface area contributed by atoms with E-state index in [0.717, 1.165) is 26.2 Å². The average molecular weight is 573 g/mol. The summed E-state index contributed by atoms with van der Waals surface area (Å²) in [5.74, 6) is -4.88. The van der Waals surface area contributed by atoms with Gasteiger partial charge in [-0.2, -0.15) is 0 Å². The number of hydrogen-bond donors (Lipinski definition) is 1. The monoisotopic (exact) mass is 572 g/mol. The summed E-state index contributed by atoms with van der Waals surface area (Å²) in [4.78, 5) is 58.9. The smallest absolute Gasteiger partial charge is 0.347 e. The van der Waals surface area contributed by atoms with Crippen molar-refractivity contribution in [2.24, 2.45) is 0 Å². The molecule has 0 radical (unpaired) electrons. The van der Waals surface area contributed by atoms with E-state index in [2.05, 4.69) is 11.7 Å². The van der Waals surface area contributed by atoms with E-state index in [9.17, 15) is 24.0 Å². The van der Waals surface area contributed by atoms with Gasteiger partial charge in [0, 0.05) is 6.42 Å². The van der Waals surface area contributed by atoms with Gasteiger partial charge in [-0.15, -0.1) is 0 Å². The van der Waals surface area contributed by atoms with Crippen molar-refractivity contribution in [3.8, 4) is 0 Å². The minimum Gasteiger partial charge on any atom is -0.479 e. The summed E-state index contributed by atoms with van der Waals surface area (Å²) in [6, 6.07) is 0. The minimum atomic E-state index is -1.41. The van der Waals surface area contributed by atoms with Crippen molar-refractivity contribution in [1.29, 1.82) is 0 Å². The zero-order valence-electron chi connectivity index (χ0n) is 25.2. The van der Waals surface area contributed by atoms with Gasteiger partial charge in [-0.1, -0.05) is 96.8 Å². The normalized spacial score (nSPS) is 13.9. The molecule has 0 spiro atoms. The molecule has 0 aromatic rings. The van der Waals surface area contributed by atoms with Gasteiger partial charge in [0.25, 0.3) is 0 Å². The molecule has 1 N–H and O–H groups in total. The molecule has 0 amide bonds. The molecule has 0 unspecified atom stereocenters. The molecule has 40 heavy (non-hydrogen) atoms. The van der Waals surface area contributed by atoms with Crippen LogP contribution in [0.3, 0.4) is 0 Å². The van der Waals surface area contributed by atoms with Crippen molar-refractivity contribution in [1.82, 2.24) is 0 Å². The van der Waals surface area contributed by atoms with E-state index >= 15 is 0 Å². The number of carboxylic acid groups (broad SMARTS) is 1. The molecule has 0 rings (SSSR count). The first kappa shape index (κ1) is 37.4. The summed E-state index contributed by atoms with van der Waals surface area (Å²) in [6.07, 6.45) is 13.2. The summed E-state index contributed by atoms with van der Waals surface area (Å²) < 4.78 is 19.6. The molecule has 0 fully saturated rings. The van der Waals surface area contributed by atoms with Crippen molar-refractivity contribution < 1.29 is 48.0 Å². The highest BCUT2D eigenvalue weighted by atomic mass is 16.6. The van der Waals surface area contributed by atoms with Gasteiger partial charge in [-0.25, -0.2) is 19.2 Å². The van der Waals surface area contributed by atoms with Gasteiger partial charge in [0.2, 0.25) is 0 Å². The van der Waals surface area contributed by atoms with Crippen LogP contribution in [-0.2, 0) is 42.9 Å². The molecule has 0 saturated carbocycles. The lowest BCUT2D eigenvalue weighted by molar-refractivity contribution is -0.184. The Balaban J connectivity index is 3.92. The number of ether oxygens (including phenoxy) is 4. The van der Waals surface area contributed by atoms with Crippen LogP contribution in [-0.4, -0.2) is 59.4 Å². The summed E-state index contributed by atoms with van der Waals surface area (Å²) in [5.41, 5.74) is 0. The van der Waals surface area contributed by atoms with Crippen LogP contribution in [0.4, 0.5) is 0 Å². The fourth-order valence-electron chi connectivity index (χ4n) is 3.90. The third-order valence-electron chi connectivity index (χ3n) is 6.52. The number of rotatable bonds is 24. The Morgan fingerprint density at radius 1 is 0.475 bits per heavy atom. The van der Waals surface area contributed by atoms with Crippen molar-refractivity contribution in [3.63, 3.8) is 0 Å². The molecule has 0 saturated heterocycles. The van der Waals surface area contributed by atoms with E-state index in [4.69, 9.17) is 19.3 Å². The fraction of sp³-hybridized carbons (Fsp3) is 0.833. The molecule has 232 valence electrons. The fourth-order valence-corrected chi connectivity index (χ4v) is 3.90. The van der Waals surface area contributed by atoms with Crippen LogP contribution in [0.2, 0.25) is 0 Å². The standard InChI is InChI=1S/C30H52O10/c1-6-7-8-9-10-11-12-13-14-15-16-17-18-19-20-21-26(31)37-23(3)28(34)39-25(5)30(36)40-24(4)29(35)38-22(2)27(32)33/h22-25H,6-21H2,1-5H3,(H,32,33)/t22-,23+,24-,25-/m1/s1. The van der Waals surface area contributed by atoms with Crippen LogP contribution in [0.15, 0.2) is 0 Å². The predicted octanol–water partition coefficient (Wildman–Crippen LogP) is 6.06. The molecule has 0 aliphatic rings. The van der Waals surface area contributed by atoms with E-state index in [-0.39, 0.29) is 6.42 Å². The average Bonchev–Trinajstić information content (AvgIpc) is 2.90. The Morgan fingerprint density at radius 2 is 0.775 bits per heavy atom. The quantitative estimate of drug-likeness (QED) is 0.0823. The van der Waals surface area contributed by atoms with Gasteiger partial charge in [0.05, 0.1) is 0 Å². The Hall–Kier alpha value is -2.65. The highest BCUT2D eigenvalue weighted by molar-refractivity contribution is 5.85. The molecule has 4 atom stereocenters. The van der Waals surface area contributed by atoms with Crippen molar-refractivity contribution in [2.75, 3.05) is 0 Å². The first-order valence-corrected chi connectivity index (χ1v) is 15.0. The highest BCUT2D eigenvalue weighted by Crippen LogP contribution is 2.14. The second kappa shape index (κ2) is 23.1. The number of aliphatic carboxylic acids is 1. The maximum Gasteiger partial charge on any atom is 0.347 e. The van der Waals surface area contributed by atoms with Crippen LogP contribution in [0, 0.1) is 0 Å². The predicted molar refractivity (Wildman–Crippen MR) is 149 cm³/mol. The van der Waals surface area contributed by atoms with Gasteiger partial charge in [0.15, 0.2) is 24.4 Å². The zero-order valence-corrected chi connectivity index (χ0v) is 25.2. The first-order valence-electron chi connectivity index (χ1n) is 15.0. The van der Waals surface area contributed by atoms with Crippen LogP contribution >= 0.6 is 0 Å². The van der Waals surface area contributed by atoms with Gasteiger partial charge < -0.3 is 24.1 Å². The Labute approximate surface area is 239 Å². The molecule has 0 aromatic heterocycles. The van der Waals surface area contributed by atoms with Gasteiger partial charge in [-0.3, -0.25) is 4.79 Å². The van der Waals surface area contributed by atoms with Crippen LogP contribution in [0.1, 0.15) is 137 Å². The van der Waals surface area contributed by atoms with Crippen LogP contribution in [0.25, 0.3) is 0 Å². The summed E-state index contributed by atoms with van der Waals surface area (Å²) >= 11 is 0. The molecule has 0 aliphatic carbocycles. The number of carboxylic acids is 1. The molecule has 0 aromatic carbocycles. The molecular formula is C30H52O10. The highest BCUT2D eigenvalue weighted by Gasteiger charge is 2.29. The molecular weight excluding hydrogens is 520 g/mol. The SMILES string of the molecule is CCCCCCCCCCCCCCCCCC(=O)O[C@@H](C)C(=O)O[C@H](C)C(=O)O[C@H](C)C(=O)O[C@H](C)C(=O)O. The molecule has 10 heteroatoms. The van der Waals surface area contributed by atoms with E-state index < -0.39 is 54.3 Å². The third-order valence-corrected chi connectivity index (χ3v) is 6.52. The Kier molecular flexibility index (Phi) is 21.6. The van der Waals surface area contributed by atoms with E-state index in [1.807, 2.05) is 0 Å². The van der Waals surface area contributed by atoms with Crippen molar-refractivity contribution >= 4 is 29.8 Å². The van der Waals surface area contributed by atoms with E-state index in [1.165, 1.54) is 91.4 Å². The maximum absolute atomic E-state index is 12.2. The molecule has 10 nitrogen and oxygen atoms in total. The lowest BCUT2D eigenvalue weighted by atomic mass is 10.0. The van der Waals surface area contributed by atoms with Gasteiger partial charge in [-0.05, 0) is 34.1 Å². The summed E-state index contributed by atoms with van der Waals surface area (Å²) in [5, 5.41) is 8.77. The number of unbranched alkanes of at least 4 members (excludes halogenated alkanes) is 14. The number of esters is 4. The van der Waals surface area contributed by atoms with Gasteiger partial charge in [0.1, 0.15) is 0 Å². The minimum absolute atomic E-state index is 0.196.